The van der Waals surface area contributed by atoms with E-state index < -0.39 is 0 Å². The van der Waals surface area contributed by atoms with Gasteiger partial charge in [-0.1, -0.05) is 11.6 Å². The van der Waals surface area contributed by atoms with Crippen molar-refractivity contribution in [3.63, 3.8) is 0 Å². The largest absolute Gasteiger partial charge is 0.496 e. The number of methoxy groups -OCH3 is 1. The van der Waals surface area contributed by atoms with Gasteiger partial charge in [0.1, 0.15) is 5.75 Å². The molecule has 7 nitrogen and oxygen atoms in total. The molecule has 0 amide bonds. The maximum Gasteiger partial charge on any atom is 0.195 e. The van der Waals surface area contributed by atoms with Gasteiger partial charge in [0.25, 0.3) is 0 Å². The van der Waals surface area contributed by atoms with E-state index in [1.165, 1.54) is 0 Å². The predicted octanol–water partition coefficient (Wildman–Crippen LogP) is 2.41. The standard InChI is InChI=1S/C17H18ClN5O2/c1-25-14-9-11(18)4-5-13(14)15-20-21-17(16-19-6-8-23(15)16)22-7-2-3-12(22)10-24/h4-6,8-9,12,24H,2-3,7,10H2,1H3. The van der Waals surface area contributed by atoms with Gasteiger partial charge in [0, 0.05) is 24.0 Å². The second kappa shape index (κ2) is 6.50. The van der Waals surface area contributed by atoms with Gasteiger partial charge in [-0.3, -0.25) is 4.40 Å². The Morgan fingerprint density at radius 3 is 3.04 bits per heavy atom. The quantitative estimate of drug-likeness (QED) is 0.771. The van der Waals surface area contributed by atoms with Crippen LogP contribution in [0, 0.1) is 0 Å². The van der Waals surface area contributed by atoms with Gasteiger partial charge in [0.05, 0.1) is 25.3 Å². The lowest BCUT2D eigenvalue weighted by molar-refractivity contribution is 0.266. The second-order valence-electron chi connectivity index (χ2n) is 5.98. The van der Waals surface area contributed by atoms with Crippen molar-refractivity contribution in [2.24, 2.45) is 0 Å². The molecule has 2 aromatic heterocycles. The Kier molecular flexibility index (Phi) is 4.19. The highest BCUT2D eigenvalue weighted by atomic mass is 35.5. The number of halogens is 1. The summed E-state index contributed by atoms with van der Waals surface area (Å²) in [6.45, 7) is 0.938. The molecule has 0 spiro atoms. The molecular weight excluding hydrogens is 342 g/mol. The van der Waals surface area contributed by atoms with Gasteiger partial charge in [-0.2, -0.15) is 0 Å². The van der Waals surface area contributed by atoms with E-state index in [0.717, 1.165) is 24.9 Å². The zero-order valence-corrected chi connectivity index (χ0v) is 14.5. The molecule has 3 heterocycles. The third kappa shape index (κ3) is 2.69. The van der Waals surface area contributed by atoms with E-state index in [9.17, 15) is 5.11 Å². The maximum atomic E-state index is 9.60. The monoisotopic (exact) mass is 359 g/mol. The molecule has 25 heavy (non-hydrogen) atoms. The summed E-state index contributed by atoms with van der Waals surface area (Å²) in [5, 5.41) is 19.0. The van der Waals surface area contributed by atoms with Crippen molar-refractivity contribution in [1.82, 2.24) is 19.6 Å². The van der Waals surface area contributed by atoms with Crippen LogP contribution in [0.2, 0.25) is 5.02 Å². The number of benzene rings is 1. The van der Waals surface area contributed by atoms with Crippen LogP contribution in [0.3, 0.4) is 0 Å². The predicted molar refractivity (Wildman–Crippen MR) is 95.2 cm³/mol. The number of hydrogen-bond acceptors (Lipinski definition) is 6. The van der Waals surface area contributed by atoms with Gasteiger partial charge in [-0.05, 0) is 31.0 Å². The van der Waals surface area contributed by atoms with E-state index in [2.05, 4.69) is 20.1 Å². The van der Waals surface area contributed by atoms with Crippen LogP contribution in [0.4, 0.5) is 5.82 Å². The first-order chi connectivity index (χ1) is 12.2. The highest BCUT2D eigenvalue weighted by Gasteiger charge is 2.28. The zero-order chi connectivity index (χ0) is 17.4. The van der Waals surface area contributed by atoms with E-state index in [0.29, 0.717) is 28.1 Å². The molecule has 1 N–H and O–H groups in total. The topological polar surface area (TPSA) is 75.8 Å². The molecular formula is C17H18ClN5O2. The molecule has 0 bridgehead atoms. The molecule has 3 aromatic rings. The molecule has 1 aliphatic rings. The van der Waals surface area contributed by atoms with Crippen molar-refractivity contribution in [2.45, 2.75) is 18.9 Å². The summed E-state index contributed by atoms with van der Waals surface area (Å²) in [5.41, 5.74) is 1.50. The summed E-state index contributed by atoms with van der Waals surface area (Å²) in [4.78, 5) is 6.54. The number of anilines is 1. The smallest absolute Gasteiger partial charge is 0.195 e. The Balaban J connectivity index is 1.86. The molecule has 0 saturated carbocycles. The number of hydrogen-bond donors (Lipinski definition) is 1. The average molecular weight is 360 g/mol. The van der Waals surface area contributed by atoms with Gasteiger partial charge in [0.2, 0.25) is 0 Å². The third-order valence-electron chi connectivity index (χ3n) is 4.57. The van der Waals surface area contributed by atoms with Crippen LogP contribution in [-0.4, -0.2) is 51.0 Å². The summed E-state index contributed by atoms with van der Waals surface area (Å²) in [6, 6.07) is 5.46. The molecule has 130 valence electrons. The van der Waals surface area contributed by atoms with Crippen molar-refractivity contribution >= 4 is 23.1 Å². The van der Waals surface area contributed by atoms with E-state index in [1.807, 2.05) is 16.7 Å². The van der Waals surface area contributed by atoms with Crippen LogP contribution < -0.4 is 9.64 Å². The van der Waals surface area contributed by atoms with Crippen LogP contribution in [0.5, 0.6) is 5.75 Å². The Morgan fingerprint density at radius 1 is 1.36 bits per heavy atom. The van der Waals surface area contributed by atoms with E-state index in [1.54, 1.807) is 25.4 Å². The number of aliphatic hydroxyl groups excluding tert-OH is 1. The van der Waals surface area contributed by atoms with Gasteiger partial charge < -0.3 is 14.7 Å². The summed E-state index contributed by atoms with van der Waals surface area (Å²) in [6.07, 6.45) is 5.53. The highest BCUT2D eigenvalue weighted by Crippen LogP contribution is 2.33. The summed E-state index contributed by atoms with van der Waals surface area (Å²) in [5.74, 6) is 1.95. The van der Waals surface area contributed by atoms with Gasteiger partial charge in [-0.25, -0.2) is 4.98 Å². The molecule has 1 fully saturated rings. The van der Waals surface area contributed by atoms with E-state index in [-0.39, 0.29) is 12.6 Å². The minimum absolute atomic E-state index is 0.0609. The van der Waals surface area contributed by atoms with Crippen LogP contribution in [0.1, 0.15) is 12.8 Å². The van der Waals surface area contributed by atoms with E-state index >= 15 is 0 Å². The van der Waals surface area contributed by atoms with Crippen molar-refractivity contribution in [2.75, 3.05) is 25.2 Å². The van der Waals surface area contributed by atoms with Gasteiger partial charge in [0.15, 0.2) is 17.3 Å². The molecule has 4 rings (SSSR count). The van der Waals surface area contributed by atoms with Crippen molar-refractivity contribution in [3.05, 3.63) is 35.6 Å². The average Bonchev–Trinajstić information content (AvgIpc) is 3.30. The summed E-state index contributed by atoms with van der Waals surface area (Å²) >= 11 is 6.06. The van der Waals surface area contributed by atoms with Gasteiger partial charge in [-0.15, -0.1) is 10.2 Å². The van der Waals surface area contributed by atoms with Crippen LogP contribution in [-0.2, 0) is 0 Å². The van der Waals surface area contributed by atoms with Crippen LogP contribution in [0.25, 0.3) is 17.0 Å². The number of ether oxygens (including phenoxy) is 1. The van der Waals surface area contributed by atoms with Gasteiger partial charge >= 0.3 is 0 Å². The zero-order valence-electron chi connectivity index (χ0n) is 13.8. The molecule has 1 unspecified atom stereocenters. The summed E-state index contributed by atoms with van der Waals surface area (Å²) < 4.78 is 7.33. The molecule has 0 aliphatic carbocycles. The number of fused-ring (bicyclic) bond motifs is 1. The first kappa shape index (κ1) is 16.1. The summed E-state index contributed by atoms with van der Waals surface area (Å²) in [7, 11) is 1.60. The highest BCUT2D eigenvalue weighted by molar-refractivity contribution is 6.30. The molecule has 1 aromatic carbocycles. The van der Waals surface area contributed by atoms with Crippen molar-refractivity contribution in [3.8, 4) is 17.1 Å². The van der Waals surface area contributed by atoms with Crippen LogP contribution >= 0.6 is 11.6 Å². The van der Waals surface area contributed by atoms with Crippen molar-refractivity contribution < 1.29 is 9.84 Å². The first-order valence-electron chi connectivity index (χ1n) is 8.14. The second-order valence-corrected chi connectivity index (χ2v) is 6.42. The van der Waals surface area contributed by atoms with Crippen LogP contribution in [0.15, 0.2) is 30.6 Å². The minimum atomic E-state index is 0.0609. The Hall–Kier alpha value is -2.38. The lowest BCUT2D eigenvalue weighted by atomic mass is 10.2. The number of imidazole rings is 1. The minimum Gasteiger partial charge on any atom is -0.496 e. The maximum absolute atomic E-state index is 9.60. The fourth-order valence-electron chi connectivity index (χ4n) is 3.35. The molecule has 8 heteroatoms. The molecule has 1 aliphatic heterocycles. The van der Waals surface area contributed by atoms with Crippen molar-refractivity contribution in [1.29, 1.82) is 0 Å². The third-order valence-corrected chi connectivity index (χ3v) is 4.81. The number of aromatic nitrogens is 4. The normalized spacial score (nSPS) is 17.4. The Bertz CT molecular complexity index is 913. The molecule has 1 saturated heterocycles. The number of aliphatic hydroxyl groups is 1. The number of rotatable bonds is 4. The molecule has 1 atom stereocenters. The Morgan fingerprint density at radius 2 is 2.24 bits per heavy atom. The lowest BCUT2D eigenvalue weighted by Gasteiger charge is -2.24. The number of nitrogens with zero attached hydrogens (tertiary/aromatic N) is 5. The first-order valence-corrected chi connectivity index (χ1v) is 8.52. The fourth-order valence-corrected chi connectivity index (χ4v) is 3.51. The Labute approximate surface area is 149 Å². The fraction of sp³-hybridized carbons (Fsp3) is 0.353. The SMILES string of the molecule is COc1cc(Cl)ccc1-c1nnc(N2CCCC2CO)c2nccn12. The van der Waals surface area contributed by atoms with E-state index in [4.69, 9.17) is 16.3 Å². The molecule has 0 radical (unpaired) electrons. The lowest BCUT2D eigenvalue weighted by Crippen LogP contribution is -2.33.